The third-order valence-electron chi connectivity index (χ3n) is 2.58. The Balaban J connectivity index is 2.62. The number of methoxy groups -OCH3 is 1. The van der Waals surface area contributed by atoms with Gasteiger partial charge in [-0.15, -0.1) is 0 Å². The number of rotatable bonds is 3. The van der Waals surface area contributed by atoms with Crippen LogP contribution in [0.4, 0.5) is 0 Å². The summed E-state index contributed by atoms with van der Waals surface area (Å²) in [5, 5.41) is 0. The lowest BCUT2D eigenvalue weighted by atomic mass is 10.0. The number of nitrogens with two attached hydrogens (primary N) is 1. The van der Waals surface area contributed by atoms with Crippen molar-refractivity contribution in [3.63, 3.8) is 0 Å². The van der Waals surface area contributed by atoms with Gasteiger partial charge in [0, 0.05) is 29.0 Å². The van der Waals surface area contributed by atoms with Gasteiger partial charge in [-0.3, -0.25) is 4.98 Å². The van der Waals surface area contributed by atoms with Crippen molar-refractivity contribution >= 4 is 15.9 Å². The first-order valence-electron chi connectivity index (χ1n) is 5.23. The molecule has 0 aliphatic carbocycles. The highest BCUT2D eigenvalue weighted by Gasteiger charge is 2.09. The van der Waals surface area contributed by atoms with Crippen LogP contribution in [0.25, 0.3) is 11.1 Å². The molecule has 0 aliphatic rings. The van der Waals surface area contributed by atoms with Crippen LogP contribution in [0.1, 0.15) is 5.56 Å². The summed E-state index contributed by atoms with van der Waals surface area (Å²) in [5.41, 5.74) is 8.80. The van der Waals surface area contributed by atoms with E-state index in [1.165, 1.54) is 0 Å². The Morgan fingerprint density at radius 1 is 1.29 bits per heavy atom. The van der Waals surface area contributed by atoms with Crippen molar-refractivity contribution in [2.45, 2.75) is 6.54 Å². The summed E-state index contributed by atoms with van der Waals surface area (Å²) in [7, 11) is 1.66. The first-order valence-corrected chi connectivity index (χ1v) is 6.02. The molecule has 0 spiro atoms. The molecule has 0 fully saturated rings. The van der Waals surface area contributed by atoms with E-state index in [0.717, 1.165) is 26.9 Å². The van der Waals surface area contributed by atoms with E-state index in [9.17, 15) is 0 Å². The largest absolute Gasteiger partial charge is 0.496 e. The molecule has 17 heavy (non-hydrogen) atoms. The van der Waals surface area contributed by atoms with E-state index in [0.29, 0.717) is 6.54 Å². The molecule has 4 heteroatoms. The molecule has 0 saturated carbocycles. The lowest BCUT2D eigenvalue weighted by Gasteiger charge is -2.12. The molecule has 0 bridgehead atoms. The maximum Gasteiger partial charge on any atom is 0.126 e. The van der Waals surface area contributed by atoms with Gasteiger partial charge in [-0.2, -0.15) is 0 Å². The van der Waals surface area contributed by atoms with E-state index in [1.54, 1.807) is 19.5 Å². The number of hydrogen-bond donors (Lipinski definition) is 1. The number of aromatic nitrogens is 1. The molecule has 1 aromatic heterocycles. The Kier molecular flexibility index (Phi) is 3.76. The number of halogens is 1. The summed E-state index contributed by atoms with van der Waals surface area (Å²) in [6.07, 6.45) is 3.55. The van der Waals surface area contributed by atoms with Gasteiger partial charge < -0.3 is 10.5 Å². The van der Waals surface area contributed by atoms with Crippen molar-refractivity contribution < 1.29 is 4.74 Å². The highest BCUT2D eigenvalue weighted by Crippen LogP contribution is 2.34. The van der Waals surface area contributed by atoms with Crippen LogP contribution in [0.15, 0.2) is 41.1 Å². The molecular formula is C13H13BrN2O. The van der Waals surface area contributed by atoms with Crippen LogP contribution in [0.2, 0.25) is 0 Å². The third kappa shape index (κ3) is 2.48. The molecule has 1 aromatic carbocycles. The SMILES string of the molecule is COc1ccc(Br)cc1-c1ccncc1CN. The summed E-state index contributed by atoms with van der Waals surface area (Å²) in [5.74, 6) is 0.828. The van der Waals surface area contributed by atoms with E-state index >= 15 is 0 Å². The predicted molar refractivity (Wildman–Crippen MR) is 71.8 cm³/mol. The second-order valence-corrected chi connectivity index (χ2v) is 4.50. The standard InChI is InChI=1S/C13H13BrN2O/c1-17-13-3-2-10(14)6-12(13)11-4-5-16-8-9(11)7-15/h2-6,8H,7,15H2,1H3. The molecule has 88 valence electrons. The van der Waals surface area contributed by atoms with Gasteiger partial charge in [0.15, 0.2) is 0 Å². The van der Waals surface area contributed by atoms with E-state index in [4.69, 9.17) is 10.5 Å². The lowest BCUT2D eigenvalue weighted by Crippen LogP contribution is -2.00. The van der Waals surface area contributed by atoms with Crippen LogP contribution in [-0.4, -0.2) is 12.1 Å². The lowest BCUT2D eigenvalue weighted by molar-refractivity contribution is 0.416. The molecule has 0 radical (unpaired) electrons. The van der Waals surface area contributed by atoms with Gasteiger partial charge in [0.25, 0.3) is 0 Å². The Morgan fingerprint density at radius 3 is 2.82 bits per heavy atom. The van der Waals surface area contributed by atoms with Gasteiger partial charge in [-0.05, 0) is 35.4 Å². The van der Waals surface area contributed by atoms with Gasteiger partial charge in [-0.1, -0.05) is 15.9 Å². The fraction of sp³-hybridized carbons (Fsp3) is 0.154. The molecule has 0 amide bonds. The average Bonchev–Trinajstić information content (AvgIpc) is 2.38. The molecular weight excluding hydrogens is 280 g/mol. The van der Waals surface area contributed by atoms with Crippen molar-refractivity contribution in [2.24, 2.45) is 5.73 Å². The van der Waals surface area contributed by atoms with Gasteiger partial charge in [-0.25, -0.2) is 0 Å². The summed E-state index contributed by atoms with van der Waals surface area (Å²) in [6, 6.07) is 7.85. The smallest absolute Gasteiger partial charge is 0.126 e. The average molecular weight is 293 g/mol. The zero-order valence-corrected chi connectivity index (χ0v) is 11.1. The molecule has 2 aromatic rings. The maximum absolute atomic E-state index is 5.73. The van der Waals surface area contributed by atoms with Crippen molar-refractivity contribution in [1.29, 1.82) is 0 Å². The molecule has 0 unspecified atom stereocenters. The first-order chi connectivity index (χ1) is 8.26. The summed E-state index contributed by atoms with van der Waals surface area (Å²) < 4.78 is 6.38. The Labute approximate surface area is 109 Å². The summed E-state index contributed by atoms with van der Waals surface area (Å²) in [6.45, 7) is 0.457. The molecule has 3 nitrogen and oxygen atoms in total. The van der Waals surface area contributed by atoms with Crippen molar-refractivity contribution in [2.75, 3.05) is 7.11 Å². The van der Waals surface area contributed by atoms with Crippen LogP contribution in [0.3, 0.4) is 0 Å². The number of benzene rings is 1. The van der Waals surface area contributed by atoms with E-state index in [2.05, 4.69) is 20.9 Å². The molecule has 2 N–H and O–H groups in total. The minimum absolute atomic E-state index is 0.457. The van der Waals surface area contributed by atoms with E-state index < -0.39 is 0 Å². The number of pyridine rings is 1. The maximum atomic E-state index is 5.73. The van der Waals surface area contributed by atoms with Crippen LogP contribution >= 0.6 is 15.9 Å². The fourth-order valence-corrected chi connectivity index (χ4v) is 2.10. The topological polar surface area (TPSA) is 48.1 Å². The predicted octanol–water partition coefficient (Wildman–Crippen LogP) is 2.98. The second kappa shape index (κ2) is 5.29. The molecule has 2 rings (SSSR count). The van der Waals surface area contributed by atoms with Gasteiger partial charge >= 0.3 is 0 Å². The highest BCUT2D eigenvalue weighted by molar-refractivity contribution is 9.10. The molecule has 0 saturated heterocycles. The number of nitrogens with zero attached hydrogens (tertiary/aromatic N) is 1. The second-order valence-electron chi connectivity index (χ2n) is 3.58. The van der Waals surface area contributed by atoms with Crippen LogP contribution in [-0.2, 0) is 6.54 Å². The summed E-state index contributed by atoms with van der Waals surface area (Å²) >= 11 is 3.47. The zero-order valence-electron chi connectivity index (χ0n) is 9.48. The van der Waals surface area contributed by atoms with E-state index in [-0.39, 0.29) is 0 Å². The highest BCUT2D eigenvalue weighted by atomic mass is 79.9. The van der Waals surface area contributed by atoms with Crippen LogP contribution < -0.4 is 10.5 Å². The van der Waals surface area contributed by atoms with Gasteiger partial charge in [0.05, 0.1) is 7.11 Å². The van der Waals surface area contributed by atoms with Crippen LogP contribution in [0, 0.1) is 0 Å². The monoisotopic (exact) mass is 292 g/mol. The van der Waals surface area contributed by atoms with Gasteiger partial charge in [0.2, 0.25) is 0 Å². The normalized spacial score (nSPS) is 10.3. The minimum Gasteiger partial charge on any atom is -0.496 e. The summed E-state index contributed by atoms with van der Waals surface area (Å²) in [4.78, 5) is 4.09. The number of hydrogen-bond acceptors (Lipinski definition) is 3. The van der Waals surface area contributed by atoms with Crippen molar-refractivity contribution in [3.8, 4) is 16.9 Å². The van der Waals surface area contributed by atoms with Crippen molar-refractivity contribution in [1.82, 2.24) is 4.98 Å². The van der Waals surface area contributed by atoms with Crippen molar-refractivity contribution in [3.05, 3.63) is 46.7 Å². The quantitative estimate of drug-likeness (QED) is 0.946. The van der Waals surface area contributed by atoms with Gasteiger partial charge in [0.1, 0.15) is 5.75 Å². The number of ether oxygens (including phenoxy) is 1. The fourth-order valence-electron chi connectivity index (χ4n) is 1.74. The van der Waals surface area contributed by atoms with E-state index in [1.807, 2.05) is 24.3 Å². The Morgan fingerprint density at radius 2 is 2.12 bits per heavy atom. The zero-order chi connectivity index (χ0) is 12.3. The molecule has 0 atom stereocenters. The Bertz CT molecular complexity index is 529. The molecule has 1 heterocycles. The third-order valence-corrected chi connectivity index (χ3v) is 3.07. The first kappa shape index (κ1) is 12.1. The van der Waals surface area contributed by atoms with Crippen LogP contribution in [0.5, 0.6) is 5.75 Å². The Hall–Kier alpha value is -1.39. The minimum atomic E-state index is 0.457. The molecule has 0 aliphatic heterocycles.